The number of hydrogen-bond donors (Lipinski definition) is 1. The summed E-state index contributed by atoms with van der Waals surface area (Å²) < 4.78 is 13.3. The van der Waals surface area contributed by atoms with E-state index in [1.165, 1.54) is 6.07 Å². The van der Waals surface area contributed by atoms with E-state index in [2.05, 4.69) is 12.2 Å². The molecule has 1 aliphatic rings. The molecule has 2 rings (SSSR count). The largest absolute Gasteiger partial charge is 0.352 e. The van der Waals surface area contributed by atoms with Gasteiger partial charge in [-0.25, -0.2) is 0 Å². The molecule has 2 atom stereocenters. The Kier molecular flexibility index (Phi) is 3.27. The molecule has 1 N–H and O–H groups in total. The number of hydrogen-bond acceptors (Lipinski definition) is 3. The second kappa shape index (κ2) is 4.72. The van der Waals surface area contributed by atoms with Crippen LogP contribution in [0.15, 0.2) is 18.2 Å². The van der Waals surface area contributed by atoms with Crippen LogP contribution in [0.5, 0.6) is 0 Å². The molecule has 18 heavy (non-hydrogen) atoms. The van der Waals surface area contributed by atoms with Crippen LogP contribution < -0.4 is 5.32 Å². The summed E-state index contributed by atoms with van der Waals surface area (Å²) in [6.07, 6.45) is 1.09. The molecule has 0 heterocycles. The summed E-state index contributed by atoms with van der Waals surface area (Å²) in [6, 6.07) is 3.15. The van der Waals surface area contributed by atoms with Crippen molar-refractivity contribution < 1.29 is 14.1 Å². The number of halogens is 1. The topological polar surface area (TPSA) is 72.2 Å². The summed E-state index contributed by atoms with van der Waals surface area (Å²) in [5, 5.41) is 13.1. The SMILES string of the molecule is CC1CC1CNC(=O)c1ccc([N+](=O)[O-])c(F)c1. The molecule has 5 nitrogen and oxygen atoms in total. The van der Waals surface area contributed by atoms with Gasteiger partial charge in [-0.15, -0.1) is 0 Å². The second-order valence-electron chi connectivity index (χ2n) is 4.61. The molecule has 1 amide bonds. The molecular formula is C12H13FN2O3. The van der Waals surface area contributed by atoms with Crippen LogP contribution in [0.4, 0.5) is 10.1 Å². The normalized spacial score (nSPS) is 21.4. The summed E-state index contributed by atoms with van der Waals surface area (Å²) in [5.41, 5.74) is -0.520. The highest BCUT2D eigenvalue weighted by molar-refractivity contribution is 5.94. The van der Waals surface area contributed by atoms with E-state index < -0.39 is 22.3 Å². The zero-order chi connectivity index (χ0) is 13.3. The Hall–Kier alpha value is -1.98. The van der Waals surface area contributed by atoms with Crippen molar-refractivity contribution in [3.8, 4) is 0 Å². The van der Waals surface area contributed by atoms with Gasteiger partial charge in [0.15, 0.2) is 0 Å². The summed E-state index contributed by atoms with van der Waals surface area (Å²) >= 11 is 0. The van der Waals surface area contributed by atoms with Gasteiger partial charge < -0.3 is 5.32 Å². The quantitative estimate of drug-likeness (QED) is 0.659. The third-order valence-electron chi connectivity index (χ3n) is 3.21. The van der Waals surface area contributed by atoms with Crippen molar-refractivity contribution in [2.45, 2.75) is 13.3 Å². The number of nitro benzene ring substituents is 1. The van der Waals surface area contributed by atoms with E-state index in [4.69, 9.17) is 0 Å². The maximum atomic E-state index is 13.3. The summed E-state index contributed by atoms with van der Waals surface area (Å²) in [7, 11) is 0. The molecule has 1 fully saturated rings. The minimum Gasteiger partial charge on any atom is -0.352 e. The first kappa shape index (κ1) is 12.5. The third-order valence-corrected chi connectivity index (χ3v) is 3.21. The average Bonchev–Trinajstić information content (AvgIpc) is 3.01. The van der Waals surface area contributed by atoms with Crippen LogP contribution >= 0.6 is 0 Å². The fraction of sp³-hybridized carbons (Fsp3) is 0.417. The monoisotopic (exact) mass is 252 g/mol. The summed E-state index contributed by atoms with van der Waals surface area (Å²) in [5.74, 6) is -0.272. The molecule has 1 aliphatic carbocycles. The Morgan fingerprint density at radius 2 is 2.28 bits per heavy atom. The molecule has 1 saturated carbocycles. The lowest BCUT2D eigenvalue weighted by Crippen LogP contribution is -2.26. The predicted octanol–water partition coefficient (Wildman–Crippen LogP) is 2.12. The van der Waals surface area contributed by atoms with Gasteiger partial charge in [0, 0.05) is 18.2 Å². The Labute approximate surface area is 103 Å². The highest BCUT2D eigenvalue weighted by Gasteiger charge is 2.32. The Bertz CT molecular complexity index is 504. The number of carbonyl (C=O) groups is 1. The van der Waals surface area contributed by atoms with Crippen LogP contribution in [-0.2, 0) is 0 Å². The van der Waals surface area contributed by atoms with Gasteiger partial charge in [-0.1, -0.05) is 6.92 Å². The minimum absolute atomic E-state index is 0.103. The van der Waals surface area contributed by atoms with E-state index >= 15 is 0 Å². The molecule has 0 aliphatic heterocycles. The van der Waals surface area contributed by atoms with Gasteiger partial charge in [0.2, 0.25) is 5.82 Å². The van der Waals surface area contributed by atoms with Crippen LogP contribution in [0.1, 0.15) is 23.7 Å². The summed E-state index contributed by atoms with van der Waals surface area (Å²) in [4.78, 5) is 21.3. The van der Waals surface area contributed by atoms with Gasteiger partial charge in [-0.2, -0.15) is 4.39 Å². The Morgan fingerprint density at radius 1 is 1.61 bits per heavy atom. The number of amides is 1. The average molecular weight is 252 g/mol. The van der Waals surface area contributed by atoms with Gasteiger partial charge >= 0.3 is 5.69 Å². The van der Waals surface area contributed by atoms with E-state index in [0.717, 1.165) is 18.6 Å². The number of carbonyl (C=O) groups excluding carboxylic acids is 1. The van der Waals surface area contributed by atoms with Crippen LogP contribution in [0.25, 0.3) is 0 Å². The van der Waals surface area contributed by atoms with Crippen molar-refractivity contribution >= 4 is 11.6 Å². The maximum Gasteiger partial charge on any atom is 0.304 e. The predicted molar refractivity (Wildman–Crippen MR) is 62.7 cm³/mol. The Morgan fingerprint density at radius 3 is 2.78 bits per heavy atom. The van der Waals surface area contributed by atoms with Crippen molar-refractivity contribution in [3.05, 3.63) is 39.7 Å². The van der Waals surface area contributed by atoms with Crippen molar-refractivity contribution in [2.75, 3.05) is 6.54 Å². The van der Waals surface area contributed by atoms with Crippen LogP contribution in [-0.4, -0.2) is 17.4 Å². The van der Waals surface area contributed by atoms with Gasteiger partial charge in [0.1, 0.15) is 0 Å². The summed E-state index contributed by atoms with van der Waals surface area (Å²) in [6.45, 7) is 2.67. The van der Waals surface area contributed by atoms with Crippen LogP contribution in [0, 0.1) is 27.8 Å². The molecule has 6 heteroatoms. The van der Waals surface area contributed by atoms with E-state index in [0.29, 0.717) is 18.4 Å². The molecule has 0 aromatic heterocycles. The highest BCUT2D eigenvalue weighted by Crippen LogP contribution is 2.36. The first-order chi connectivity index (χ1) is 8.49. The zero-order valence-electron chi connectivity index (χ0n) is 9.85. The first-order valence-corrected chi connectivity index (χ1v) is 5.71. The zero-order valence-corrected chi connectivity index (χ0v) is 9.85. The maximum absolute atomic E-state index is 13.3. The van der Waals surface area contributed by atoms with Gasteiger partial charge in [-0.3, -0.25) is 14.9 Å². The van der Waals surface area contributed by atoms with Crippen molar-refractivity contribution in [2.24, 2.45) is 11.8 Å². The molecule has 96 valence electrons. The van der Waals surface area contributed by atoms with Gasteiger partial charge in [0.25, 0.3) is 5.91 Å². The van der Waals surface area contributed by atoms with Crippen molar-refractivity contribution in [1.29, 1.82) is 0 Å². The molecule has 1 aromatic rings. The molecular weight excluding hydrogens is 239 g/mol. The molecule has 1 aromatic carbocycles. The number of nitrogens with one attached hydrogen (secondary N) is 1. The lowest BCUT2D eigenvalue weighted by molar-refractivity contribution is -0.387. The van der Waals surface area contributed by atoms with E-state index in [1.807, 2.05) is 0 Å². The van der Waals surface area contributed by atoms with Crippen LogP contribution in [0.3, 0.4) is 0 Å². The number of rotatable bonds is 4. The highest BCUT2D eigenvalue weighted by atomic mass is 19.1. The van der Waals surface area contributed by atoms with Crippen LogP contribution in [0.2, 0.25) is 0 Å². The molecule has 0 radical (unpaired) electrons. The third kappa shape index (κ3) is 2.64. The van der Waals surface area contributed by atoms with Gasteiger partial charge in [-0.05, 0) is 30.4 Å². The lowest BCUT2D eigenvalue weighted by atomic mass is 10.2. The van der Waals surface area contributed by atoms with Gasteiger partial charge in [0.05, 0.1) is 4.92 Å². The molecule has 0 bridgehead atoms. The molecule has 0 saturated heterocycles. The van der Waals surface area contributed by atoms with E-state index in [-0.39, 0.29) is 5.56 Å². The van der Waals surface area contributed by atoms with Crippen molar-refractivity contribution in [1.82, 2.24) is 5.32 Å². The fourth-order valence-electron chi connectivity index (χ4n) is 1.81. The van der Waals surface area contributed by atoms with E-state index in [9.17, 15) is 19.3 Å². The van der Waals surface area contributed by atoms with Crippen molar-refractivity contribution in [3.63, 3.8) is 0 Å². The smallest absolute Gasteiger partial charge is 0.304 e. The number of nitrogens with zero attached hydrogens (tertiary/aromatic N) is 1. The number of nitro groups is 1. The Balaban J connectivity index is 2.01. The minimum atomic E-state index is -0.993. The number of benzene rings is 1. The standard InChI is InChI=1S/C12H13FN2O3/c1-7-4-9(7)6-14-12(16)8-2-3-11(15(17)18)10(13)5-8/h2-3,5,7,9H,4,6H2,1H3,(H,14,16). The molecule has 2 unspecified atom stereocenters. The fourth-order valence-corrected chi connectivity index (χ4v) is 1.81. The first-order valence-electron chi connectivity index (χ1n) is 5.71. The lowest BCUT2D eigenvalue weighted by Gasteiger charge is -2.04. The molecule has 0 spiro atoms. The van der Waals surface area contributed by atoms with E-state index in [1.54, 1.807) is 0 Å². The second-order valence-corrected chi connectivity index (χ2v) is 4.61.